The molecule has 0 heterocycles. The van der Waals surface area contributed by atoms with Crippen molar-refractivity contribution in [2.24, 2.45) is 0 Å². The molecule has 17 heavy (non-hydrogen) atoms. The van der Waals surface area contributed by atoms with Crippen LogP contribution in [0.25, 0.3) is 0 Å². The molecular formula is C13H9BrN2S. The van der Waals surface area contributed by atoms with Crippen LogP contribution >= 0.6 is 27.7 Å². The van der Waals surface area contributed by atoms with Crippen molar-refractivity contribution in [1.29, 1.82) is 5.26 Å². The molecule has 0 atom stereocenters. The van der Waals surface area contributed by atoms with Crippen molar-refractivity contribution in [3.63, 3.8) is 0 Å². The number of benzene rings is 2. The zero-order chi connectivity index (χ0) is 12.3. The maximum atomic E-state index is 9.07. The van der Waals surface area contributed by atoms with Gasteiger partial charge in [0, 0.05) is 14.3 Å². The lowest BCUT2D eigenvalue weighted by Gasteiger charge is -2.05. The summed E-state index contributed by atoms with van der Waals surface area (Å²) in [5.41, 5.74) is 6.83. The molecule has 2 rings (SSSR count). The highest BCUT2D eigenvalue weighted by Gasteiger charge is 2.06. The van der Waals surface area contributed by atoms with Crippen LogP contribution in [0.5, 0.6) is 0 Å². The first-order valence-electron chi connectivity index (χ1n) is 4.92. The molecule has 0 aliphatic carbocycles. The molecule has 2 N–H and O–H groups in total. The van der Waals surface area contributed by atoms with E-state index in [2.05, 4.69) is 22.0 Å². The zero-order valence-corrected chi connectivity index (χ0v) is 11.3. The smallest absolute Gasteiger partial charge is 0.102 e. The predicted octanol–water partition coefficient (Wildman–Crippen LogP) is 4.05. The molecule has 0 unspecified atom stereocenters. The monoisotopic (exact) mass is 304 g/mol. The van der Waals surface area contributed by atoms with Crippen molar-refractivity contribution in [1.82, 2.24) is 0 Å². The molecule has 0 saturated carbocycles. The summed E-state index contributed by atoms with van der Waals surface area (Å²) in [5, 5.41) is 9.07. The maximum absolute atomic E-state index is 9.07. The van der Waals surface area contributed by atoms with E-state index in [0.29, 0.717) is 11.3 Å². The minimum Gasteiger partial charge on any atom is -0.398 e. The third kappa shape index (κ3) is 2.82. The van der Waals surface area contributed by atoms with Crippen molar-refractivity contribution in [2.75, 3.05) is 5.73 Å². The summed E-state index contributed by atoms with van der Waals surface area (Å²) in [6.45, 7) is 0. The van der Waals surface area contributed by atoms with Gasteiger partial charge in [-0.1, -0.05) is 33.8 Å². The number of hydrogen-bond donors (Lipinski definition) is 1. The van der Waals surface area contributed by atoms with E-state index in [1.165, 1.54) is 11.8 Å². The molecule has 2 nitrogen and oxygen atoms in total. The Bertz CT molecular complexity index is 573. The van der Waals surface area contributed by atoms with E-state index in [0.717, 1.165) is 14.3 Å². The third-order valence-electron chi connectivity index (χ3n) is 2.21. The lowest BCUT2D eigenvalue weighted by molar-refractivity contribution is 1.35. The second-order valence-corrected chi connectivity index (χ2v) is 5.42. The average molecular weight is 305 g/mol. The summed E-state index contributed by atoms with van der Waals surface area (Å²) < 4.78 is 1.04. The Hall–Kier alpha value is -1.44. The van der Waals surface area contributed by atoms with Gasteiger partial charge in [-0.25, -0.2) is 0 Å². The normalized spacial score (nSPS) is 9.88. The Labute approximate surface area is 113 Å². The molecule has 84 valence electrons. The van der Waals surface area contributed by atoms with E-state index in [4.69, 9.17) is 11.0 Å². The number of rotatable bonds is 2. The largest absolute Gasteiger partial charge is 0.398 e. The number of nitrogen functional groups attached to an aromatic ring is 1. The first kappa shape index (κ1) is 12.0. The molecular weight excluding hydrogens is 296 g/mol. The Kier molecular flexibility index (Phi) is 3.72. The van der Waals surface area contributed by atoms with E-state index in [9.17, 15) is 0 Å². The van der Waals surface area contributed by atoms with Crippen LogP contribution in [-0.2, 0) is 0 Å². The summed E-state index contributed by atoms with van der Waals surface area (Å²) in [5.74, 6) is 0. The summed E-state index contributed by atoms with van der Waals surface area (Å²) in [6.07, 6.45) is 0. The van der Waals surface area contributed by atoms with Crippen molar-refractivity contribution >= 4 is 33.4 Å². The molecule has 0 fully saturated rings. The molecule has 0 aliphatic heterocycles. The van der Waals surface area contributed by atoms with Crippen LogP contribution in [0.15, 0.2) is 56.7 Å². The third-order valence-corrected chi connectivity index (χ3v) is 3.81. The molecule has 0 bridgehead atoms. The molecule has 2 aromatic carbocycles. The Morgan fingerprint density at radius 1 is 1.12 bits per heavy atom. The summed E-state index contributed by atoms with van der Waals surface area (Å²) in [7, 11) is 0. The summed E-state index contributed by atoms with van der Waals surface area (Å²) in [6, 6.07) is 15.6. The van der Waals surface area contributed by atoms with Gasteiger partial charge in [-0.3, -0.25) is 0 Å². The lowest BCUT2D eigenvalue weighted by atomic mass is 10.2. The van der Waals surface area contributed by atoms with Crippen molar-refractivity contribution in [3.05, 3.63) is 52.5 Å². The van der Waals surface area contributed by atoms with Gasteiger partial charge in [-0.2, -0.15) is 5.26 Å². The minimum atomic E-state index is 0.523. The van der Waals surface area contributed by atoms with Gasteiger partial charge in [0.1, 0.15) is 6.07 Å². The standard InChI is InChI=1S/C13H9BrN2S/c14-9-4-6-10(7-5-9)17-13-3-1-2-12(16)11(13)8-15/h1-7H,16H2. The number of hydrogen-bond acceptors (Lipinski definition) is 3. The molecule has 0 radical (unpaired) electrons. The molecule has 0 spiro atoms. The van der Waals surface area contributed by atoms with Gasteiger partial charge in [0.2, 0.25) is 0 Å². The minimum absolute atomic E-state index is 0.523. The van der Waals surface area contributed by atoms with Gasteiger partial charge in [0.25, 0.3) is 0 Å². The van der Waals surface area contributed by atoms with E-state index in [-0.39, 0.29) is 0 Å². The van der Waals surface area contributed by atoms with Crippen LogP contribution in [0.1, 0.15) is 5.56 Å². The van der Waals surface area contributed by atoms with Crippen molar-refractivity contribution in [3.8, 4) is 6.07 Å². The molecule has 0 amide bonds. The molecule has 4 heteroatoms. The second-order valence-electron chi connectivity index (χ2n) is 3.39. The van der Waals surface area contributed by atoms with Crippen LogP contribution in [0.3, 0.4) is 0 Å². The molecule has 0 saturated heterocycles. The molecule has 2 aromatic rings. The van der Waals surface area contributed by atoms with Gasteiger partial charge >= 0.3 is 0 Å². The maximum Gasteiger partial charge on any atom is 0.102 e. The first-order chi connectivity index (χ1) is 8.20. The number of nitriles is 1. The summed E-state index contributed by atoms with van der Waals surface area (Å²) >= 11 is 4.93. The molecule has 0 aromatic heterocycles. The summed E-state index contributed by atoms with van der Waals surface area (Å²) in [4.78, 5) is 1.96. The van der Waals surface area contributed by atoms with E-state index < -0.39 is 0 Å². The number of anilines is 1. The highest BCUT2D eigenvalue weighted by Crippen LogP contribution is 2.32. The fourth-order valence-corrected chi connectivity index (χ4v) is 2.59. The first-order valence-corrected chi connectivity index (χ1v) is 6.53. The van der Waals surface area contributed by atoms with Crippen LogP contribution in [0.4, 0.5) is 5.69 Å². The topological polar surface area (TPSA) is 49.8 Å². The Morgan fingerprint density at radius 2 is 1.82 bits per heavy atom. The second kappa shape index (κ2) is 5.26. The van der Waals surface area contributed by atoms with E-state index in [1.807, 2.05) is 36.4 Å². The highest BCUT2D eigenvalue weighted by atomic mass is 79.9. The van der Waals surface area contributed by atoms with Crippen LogP contribution in [-0.4, -0.2) is 0 Å². The average Bonchev–Trinajstić information content (AvgIpc) is 2.32. The van der Waals surface area contributed by atoms with Gasteiger partial charge in [0.05, 0.1) is 11.3 Å². The van der Waals surface area contributed by atoms with Gasteiger partial charge < -0.3 is 5.73 Å². The number of nitrogens with zero attached hydrogens (tertiary/aromatic N) is 1. The quantitative estimate of drug-likeness (QED) is 0.851. The van der Waals surface area contributed by atoms with Crippen molar-refractivity contribution < 1.29 is 0 Å². The van der Waals surface area contributed by atoms with E-state index in [1.54, 1.807) is 6.07 Å². The van der Waals surface area contributed by atoms with Gasteiger partial charge in [0.15, 0.2) is 0 Å². The fraction of sp³-hybridized carbons (Fsp3) is 0. The number of halogens is 1. The lowest BCUT2D eigenvalue weighted by Crippen LogP contribution is -1.91. The SMILES string of the molecule is N#Cc1c(N)cccc1Sc1ccc(Br)cc1. The van der Waals surface area contributed by atoms with E-state index >= 15 is 0 Å². The Balaban J connectivity index is 2.34. The van der Waals surface area contributed by atoms with Crippen LogP contribution in [0.2, 0.25) is 0 Å². The van der Waals surface area contributed by atoms with Crippen LogP contribution in [0, 0.1) is 11.3 Å². The predicted molar refractivity (Wildman–Crippen MR) is 73.8 cm³/mol. The van der Waals surface area contributed by atoms with Gasteiger partial charge in [-0.15, -0.1) is 0 Å². The van der Waals surface area contributed by atoms with Crippen molar-refractivity contribution in [2.45, 2.75) is 9.79 Å². The fourth-order valence-electron chi connectivity index (χ4n) is 1.38. The van der Waals surface area contributed by atoms with Gasteiger partial charge in [-0.05, 0) is 36.4 Å². The molecule has 0 aliphatic rings. The highest BCUT2D eigenvalue weighted by molar-refractivity contribution is 9.10. The Morgan fingerprint density at radius 3 is 2.47 bits per heavy atom. The number of nitrogens with two attached hydrogens (primary N) is 1. The van der Waals surface area contributed by atoms with Crippen LogP contribution < -0.4 is 5.73 Å². The zero-order valence-electron chi connectivity index (χ0n) is 8.85.